The van der Waals surface area contributed by atoms with Crippen LogP contribution in [0.3, 0.4) is 0 Å². The summed E-state index contributed by atoms with van der Waals surface area (Å²) in [5, 5.41) is 3.10. The number of nitrogens with one attached hydrogen (secondary N) is 1. The van der Waals surface area contributed by atoms with Crippen LogP contribution in [0.15, 0.2) is 11.6 Å². The third-order valence-corrected chi connectivity index (χ3v) is 5.57. The maximum Gasteiger partial charge on any atom is 0.320 e. The second kappa shape index (κ2) is 8.54. The van der Waals surface area contributed by atoms with Crippen molar-refractivity contribution in [1.82, 2.24) is 15.1 Å². The maximum atomic E-state index is 12.5. The third kappa shape index (κ3) is 4.52. The molecule has 0 radical (unpaired) electrons. The quantitative estimate of drug-likeness (QED) is 0.804. The number of rotatable bonds is 4. The van der Waals surface area contributed by atoms with Crippen LogP contribution in [0.2, 0.25) is 0 Å². The Hall–Kier alpha value is -1.52. The molecular formula is C19H31N3O2. The molecule has 0 aromatic carbocycles. The zero-order valence-electron chi connectivity index (χ0n) is 14.8. The van der Waals surface area contributed by atoms with Crippen LogP contribution in [0.4, 0.5) is 4.79 Å². The van der Waals surface area contributed by atoms with Gasteiger partial charge in [-0.05, 0) is 57.8 Å². The highest BCUT2D eigenvalue weighted by atomic mass is 16.2. The number of likely N-dealkylation sites (tertiary alicyclic amines) is 2. The highest BCUT2D eigenvalue weighted by Crippen LogP contribution is 2.21. The van der Waals surface area contributed by atoms with E-state index < -0.39 is 0 Å². The molecule has 0 unspecified atom stereocenters. The van der Waals surface area contributed by atoms with Crippen molar-refractivity contribution in [1.29, 1.82) is 0 Å². The number of allylic oxidation sites excluding steroid dienone is 1. The Kier molecular flexibility index (Phi) is 6.16. The van der Waals surface area contributed by atoms with Crippen LogP contribution in [0.5, 0.6) is 0 Å². The summed E-state index contributed by atoms with van der Waals surface area (Å²) in [4.78, 5) is 28.8. The van der Waals surface area contributed by atoms with E-state index in [9.17, 15) is 9.59 Å². The SMILES string of the molecule is O=C(NCCC1=CCCCC1)[C@@H]1CCCN(C(=O)N2CCCC2)C1. The van der Waals surface area contributed by atoms with Gasteiger partial charge in [0.2, 0.25) is 5.91 Å². The van der Waals surface area contributed by atoms with Crippen LogP contribution in [-0.4, -0.2) is 54.5 Å². The Bertz CT molecular complexity index is 483. The van der Waals surface area contributed by atoms with Crippen molar-refractivity contribution < 1.29 is 9.59 Å². The van der Waals surface area contributed by atoms with E-state index >= 15 is 0 Å². The van der Waals surface area contributed by atoms with Crippen LogP contribution in [0, 0.1) is 5.92 Å². The van der Waals surface area contributed by atoms with Crippen molar-refractivity contribution in [2.24, 2.45) is 5.92 Å². The molecule has 2 heterocycles. The smallest absolute Gasteiger partial charge is 0.320 e. The van der Waals surface area contributed by atoms with Crippen molar-refractivity contribution >= 4 is 11.9 Å². The molecule has 0 saturated carbocycles. The minimum absolute atomic E-state index is 0.0364. The third-order valence-electron chi connectivity index (χ3n) is 5.57. The van der Waals surface area contributed by atoms with Gasteiger partial charge in [0.05, 0.1) is 5.92 Å². The Morgan fingerprint density at radius 1 is 1.04 bits per heavy atom. The fraction of sp³-hybridized carbons (Fsp3) is 0.789. The lowest BCUT2D eigenvalue weighted by Gasteiger charge is -2.34. The summed E-state index contributed by atoms with van der Waals surface area (Å²) >= 11 is 0. The van der Waals surface area contributed by atoms with E-state index in [0.29, 0.717) is 6.54 Å². The molecule has 0 bridgehead atoms. The van der Waals surface area contributed by atoms with E-state index in [-0.39, 0.29) is 17.9 Å². The number of carbonyl (C=O) groups excluding carboxylic acids is 2. The molecule has 0 aromatic heterocycles. The van der Waals surface area contributed by atoms with Crippen molar-refractivity contribution in [2.45, 2.75) is 57.8 Å². The van der Waals surface area contributed by atoms with E-state index in [2.05, 4.69) is 11.4 Å². The average Bonchev–Trinajstić information content (AvgIpc) is 3.16. The fourth-order valence-corrected chi connectivity index (χ4v) is 4.10. The lowest BCUT2D eigenvalue weighted by molar-refractivity contribution is -0.126. The lowest BCUT2D eigenvalue weighted by atomic mass is 9.96. The van der Waals surface area contributed by atoms with Gasteiger partial charge in [0.15, 0.2) is 0 Å². The molecule has 1 aliphatic carbocycles. The number of amides is 3. The van der Waals surface area contributed by atoms with Crippen molar-refractivity contribution in [3.05, 3.63) is 11.6 Å². The van der Waals surface area contributed by atoms with E-state index in [1.54, 1.807) is 0 Å². The first-order valence-corrected chi connectivity index (χ1v) is 9.73. The standard InChI is InChI=1S/C19H31N3O2/c23-18(20-11-10-16-7-2-1-3-8-16)17-9-6-14-22(15-17)19(24)21-12-4-5-13-21/h7,17H,1-6,8-15H2,(H,20,23)/t17-/m1/s1. The molecule has 2 aliphatic heterocycles. The van der Waals surface area contributed by atoms with Crippen LogP contribution >= 0.6 is 0 Å². The minimum atomic E-state index is -0.0364. The summed E-state index contributed by atoms with van der Waals surface area (Å²) in [6, 6.07) is 0.136. The van der Waals surface area contributed by atoms with Crippen molar-refractivity contribution in [3.8, 4) is 0 Å². The first kappa shape index (κ1) is 17.3. The zero-order chi connectivity index (χ0) is 16.8. The number of carbonyl (C=O) groups is 2. The zero-order valence-corrected chi connectivity index (χ0v) is 14.8. The highest BCUT2D eigenvalue weighted by Gasteiger charge is 2.31. The van der Waals surface area contributed by atoms with Crippen LogP contribution < -0.4 is 5.32 Å². The van der Waals surface area contributed by atoms with Gasteiger partial charge in [-0.15, -0.1) is 0 Å². The Labute approximate surface area is 145 Å². The second-order valence-electron chi connectivity index (χ2n) is 7.41. The molecule has 2 saturated heterocycles. The Balaban J connectivity index is 1.42. The fourth-order valence-electron chi connectivity index (χ4n) is 4.10. The van der Waals surface area contributed by atoms with E-state index in [4.69, 9.17) is 0 Å². The topological polar surface area (TPSA) is 52.7 Å². The summed E-state index contributed by atoms with van der Waals surface area (Å²) in [6.07, 6.45) is 12.4. The summed E-state index contributed by atoms with van der Waals surface area (Å²) in [6.45, 7) is 3.87. The molecule has 24 heavy (non-hydrogen) atoms. The van der Waals surface area contributed by atoms with Gasteiger partial charge in [0.25, 0.3) is 0 Å². The summed E-state index contributed by atoms with van der Waals surface area (Å²) < 4.78 is 0. The molecule has 3 amide bonds. The second-order valence-corrected chi connectivity index (χ2v) is 7.41. The molecule has 0 aromatic rings. The van der Waals surface area contributed by atoms with E-state index in [1.807, 2.05) is 9.80 Å². The number of hydrogen-bond acceptors (Lipinski definition) is 2. The first-order valence-electron chi connectivity index (χ1n) is 9.73. The normalized spacial score (nSPS) is 24.7. The van der Waals surface area contributed by atoms with Gasteiger partial charge in [0.1, 0.15) is 0 Å². The van der Waals surface area contributed by atoms with Gasteiger partial charge in [0, 0.05) is 32.7 Å². The van der Waals surface area contributed by atoms with Gasteiger partial charge in [-0.3, -0.25) is 4.79 Å². The molecule has 5 nitrogen and oxygen atoms in total. The molecule has 3 rings (SSSR count). The highest BCUT2D eigenvalue weighted by molar-refractivity contribution is 5.81. The summed E-state index contributed by atoms with van der Waals surface area (Å²) in [7, 11) is 0. The Morgan fingerprint density at radius 3 is 2.58 bits per heavy atom. The largest absolute Gasteiger partial charge is 0.355 e. The molecule has 1 N–H and O–H groups in total. The molecule has 2 fully saturated rings. The molecule has 134 valence electrons. The van der Waals surface area contributed by atoms with Gasteiger partial charge in [-0.1, -0.05) is 11.6 Å². The van der Waals surface area contributed by atoms with Gasteiger partial charge >= 0.3 is 6.03 Å². The number of piperidine rings is 1. The molecule has 0 spiro atoms. The van der Waals surface area contributed by atoms with Crippen LogP contribution in [0.1, 0.15) is 57.8 Å². The number of hydrogen-bond donors (Lipinski definition) is 1. The van der Waals surface area contributed by atoms with Crippen LogP contribution in [0.25, 0.3) is 0 Å². The number of urea groups is 1. The summed E-state index contributed by atoms with van der Waals surface area (Å²) in [5.41, 5.74) is 1.50. The van der Waals surface area contributed by atoms with Gasteiger partial charge < -0.3 is 15.1 Å². The molecular weight excluding hydrogens is 302 g/mol. The molecule has 1 atom stereocenters. The molecule has 3 aliphatic rings. The Morgan fingerprint density at radius 2 is 1.83 bits per heavy atom. The summed E-state index contributed by atoms with van der Waals surface area (Å²) in [5.74, 6) is 0.0935. The van der Waals surface area contributed by atoms with Gasteiger partial charge in [-0.25, -0.2) is 4.79 Å². The number of nitrogens with zero attached hydrogens (tertiary/aromatic N) is 2. The van der Waals surface area contributed by atoms with E-state index in [0.717, 1.165) is 58.3 Å². The molecule has 5 heteroatoms. The average molecular weight is 333 g/mol. The minimum Gasteiger partial charge on any atom is -0.355 e. The van der Waals surface area contributed by atoms with Crippen molar-refractivity contribution in [2.75, 3.05) is 32.7 Å². The van der Waals surface area contributed by atoms with E-state index in [1.165, 1.54) is 31.3 Å². The predicted molar refractivity (Wildman–Crippen MR) is 94.7 cm³/mol. The maximum absolute atomic E-state index is 12.5. The van der Waals surface area contributed by atoms with Crippen molar-refractivity contribution in [3.63, 3.8) is 0 Å². The monoisotopic (exact) mass is 333 g/mol. The van der Waals surface area contributed by atoms with Gasteiger partial charge in [-0.2, -0.15) is 0 Å². The lowest BCUT2D eigenvalue weighted by Crippen LogP contribution is -2.49. The predicted octanol–water partition coefficient (Wildman–Crippen LogP) is 2.92. The van der Waals surface area contributed by atoms with Crippen LogP contribution in [-0.2, 0) is 4.79 Å². The first-order chi connectivity index (χ1) is 11.7.